The third kappa shape index (κ3) is 7.04. The van der Waals surface area contributed by atoms with Crippen LogP contribution in [0.1, 0.15) is 19.3 Å². The molecule has 0 N–H and O–H groups in total. The normalized spacial score (nSPS) is 12.5. The zero-order valence-corrected chi connectivity index (χ0v) is 14.2. The third-order valence-corrected chi connectivity index (χ3v) is 7.23. The first-order valence-corrected chi connectivity index (χ1v) is 9.70. The molecule has 0 aliphatic heterocycles. The second kappa shape index (κ2) is 7.37. The van der Waals surface area contributed by atoms with Crippen LogP contribution in [0.15, 0.2) is 0 Å². The fourth-order valence-electron chi connectivity index (χ4n) is 0.769. The molecule has 0 rings (SSSR count). The minimum absolute atomic E-state index is 0.485. The molecule has 0 saturated carbocycles. The summed E-state index contributed by atoms with van der Waals surface area (Å²) < 4.78 is 15.1. The third-order valence-electron chi connectivity index (χ3n) is 1.52. The van der Waals surface area contributed by atoms with Gasteiger partial charge in [-0.05, 0) is 60.0 Å². The number of unbranched alkanes of at least 4 members (excludes halogenated alkanes) is 1. The van der Waals surface area contributed by atoms with Gasteiger partial charge in [0.15, 0.2) is 3.42 Å². The van der Waals surface area contributed by atoms with Gasteiger partial charge < -0.3 is 13.3 Å². The van der Waals surface area contributed by atoms with E-state index >= 15 is 0 Å². The predicted molar refractivity (Wildman–Crippen MR) is 69.8 cm³/mol. The summed E-state index contributed by atoms with van der Waals surface area (Å²) in [6, 6.07) is 2.07. The van der Waals surface area contributed by atoms with E-state index < -0.39 is 10.8 Å². The van der Waals surface area contributed by atoms with Crippen molar-refractivity contribution < 1.29 is 13.3 Å². The van der Waals surface area contributed by atoms with Crippen LogP contribution in [0.3, 0.4) is 0 Å². The molecular weight excluding hydrogens is 414 g/mol. The first kappa shape index (κ1) is 16.0. The first-order chi connectivity index (χ1) is 6.89. The second-order valence-corrected chi connectivity index (χ2v) is 11.2. The first-order valence-electron chi connectivity index (χ1n) is 4.13. The molecule has 0 saturated heterocycles. The fraction of sp³-hybridized carbons (Fsp3) is 0.857. The van der Waals surface area contributed by atoms with E-state index in [4.69, 9.17) is 18.5 Å². The lowest BCUT2D eigenvalue weighted by Gasteiger charge is -2.28. The van der Waals surface area contributed by atoms with Crippen molar-refractivity contribution >= 4 is 54.6 Å². The van der Waals surface area contributed by atoms with Gasteiger partial charge in [0.05, 0.1) is 6.07 Å². The van der Waals surface area contributed by atoms with Crippen molar-refractivity contribution in [3.63, 3.8) is 0 Å². The van der Waals surface area contributed by atoms with Crippen molar-refractivity contribution in [3.05, 3.63) is 0 Å². The molecule has 0 aromatic heterocycles. The summed E-state index contributed by atoms with van der Waals surface area (Å²) in [5.74, 6) is 0. The van der Waals surface area contributed by atoms with Gasteiger partial charge in [-0.25, -0.2) is 0 Å². The molecule has 0 bridgehead atoms. The molecule has 0 aliphatic carbocycles. The SMILES string of the molecule is CO[Si](Br)(OC)OC(Br)(Br)CCCC#N. The Bertz CT molecular complexity index is 230. The maximum atomic E-state index is 8.42. The van der Waals surface area contributed by atoms with Crippen LogP contribution in [-0.4, -0.2) is 25.1 Å². The summed E-state index contributed by atoms with van der Waals surface area (Å²) in [4.78, 5) is 0. The van der Waals surface area contributed by atoms with Gasteiger partial charge in [-0.15, -0.1) is 0 Å². The number of nitrogens with zero attached hydrogens (tertiary/aromatic N) is 1. The standard InChI is InChI=1S/C7H12Br3NO3Si/c1-12-15(10,13-2)14-7(8,9)5-3-4-6-11/h3-5H2,1-2H3. The van der Waals surface area contributed by atoms with Crippen LogP contribution in [0.25, 0.3) is 0 Å². The Hall–Kier alpha value is 1.03. The molecule has 0 aromatic rings. The molecular formula is C7H12Br3NO3Si. The number of hydrogen-bond acceptors (Lipinski definition) is 4. The summed E-state index contributed by atoms with van der Waals surface area (Å²) in [7, 11) is 0.262. The highest BCUT2D eigenvalue weighted by Gasteiger charge is 2.43. The topological polar surface area (TPSA) is 51.5 Å². The monoisotopic (exact) mass is 423 g/mol. The molecule has 0 fully saturated rings. The molecule has 0 aliphatic rings. The van der Waals surface area contributed by atoms with E-state index in [0.717, 1.165) is 6.42 Å². The highest BCUT2D eigenvalue weighted by atomic mass is 79.9. The zero-order valence-electron chi connectivity index (χ0n) is 8.43. The summed E-state index contributed by atoms with van der Waals surface area (Å²) in [6.45, 7) is 0. The molecule has 4 nitrogen and oxygen atoms in total. The molecule has 0 spiro atoms. The van der Waals surface area contributed by atoms with E-state index in [0.29, 0.717) is 12.8 Å². The largest absolute Gasteiger partial charge is 0.581 e. The van der Waals surface area contributed by atoms with Gasteiger partial charge in [-0.2, -0.15) is 5.26 Å². The summed E-state index contributed by atoms with van der Waals surface area (Å²) >= 11 is 9.99. The smallest absolute Gasteiger partial charge is 0.369 e. The van der Waals surface area contributed by atoms with Crippen molar-refractivity contribution in [3.8, 4) is 6.07 Å². The molecule has 0 amide bonds. The minimum Gasteiger partial charge on any atom is -0.369 e. The van der Waals surface area contributed by atoms with E-state index in [1.165, 1.54) is 14.2 Å². The highest BCUT2D eigenvalue weighted by molar-refractivity contribution is 9.26. The summed E-state index contributed by atoms with van der Waals surface area (Å²) in [6.07, 6.45) is 1.84. The molecule has 0 unspecified atom stereocenters. The van der Waals surface area contributed by atoms with Crippen molar-refractivity contribution in [2.75, 3.05) is 14.2 Å². The van der Waals surface area contributed by atoms with Gasteiger partial charge in [-0.1, -0.05) is 0 Å². The van der Waals surface area contributed by atoms with Gasteiger partial charge in [0.2, 0.25) is 0 Å². The van der Waals surface area contributed by atoms with Crippen molar-refractivity contribution in [1.82, 2.24) is 0 Å². The summed E-state index contributed by atoms with van der Waals surface area (Å²) in [5, 5.41) is 8.42. The zero-order chi connectivity index (χ0) is 11.9. The number of alkyl halides is 2. The van der Waals surface area contributed by atoms with Crippen molar-refractivity contribution in [2.24, 2.45) is 0 Å². The Morgan fingerprint density at radius 1 is 1.33 bits per heavy atom. The van der Waals surface area contributed by atoms with Gasteiger partial charge in [0, 0.05) is 20.6 Å². The van der Waals surface area contributed by atoms with E-state index in [2.05, 4.69) is 53.2 Å². The summed E-state index contributed by atoms with van der Waals surface area (Å²) in [5.41, 5.74) is 0. The van der Waals surface area contributed by atoms with E-state index in [9.17, 15) is 0 Å². The minimum atomic E-state index is -2.76. The number of halogens is 3. The number of nitriles is 1. The lowest BCUT2D eigenvalue weighted by molar-refractivity contribution is 0.104. The van der Waals surface area contributed by atoms with Crippen molar-refractivity contribution in [1.29, 1.82) is 5.26 Å². The van der Waals surface area contributed by atoms with Gasteiger partial charge in [0.1, 0.15) is 0 Å². The molecule has 8 heteroatoms. The average Bonchev–Trinajstić information content (AvgIpc) is 2.17. The Kier molecular flexibility index (Phi) is 7.88. The van der Waals surface area contributed by atoms with Crippen LogP contribution < -0.4 is 0 Å². The lowest BCUT2D eigenvalue weighted by Crippen LogP contribution is -2.42. The second-order valence-electron chi connectivity index (χ2n) is 2.64. The van der Waals surface area contributed by atoms with Gasteiger partial charge >= 0.3 is 7.42 Å². The Labute approximate surface area is 115 Å². The average molecular weight is 426 g/mol. The van der Waals surface area contributed by atoms with Crippen LogP contribution in [0, 0.1) is 11.3 Å². The van der Waals surface area contributed by atoms with E-state index in [1.807, 2.05) is 0 Å². The quantitative estimate of drug-likeness (QED) is 0.272. The van der Waals surface area contributed by atoms with Crippen LogP contribution in [0.5, 0.6) is 0 Å². The molecule has 0 heterocycles. The van der Waals surface area contributed by atoms with Crippen LogP contribution >= 0.6 is 47.2 Å². The van der Waals surface area contributed by atoms with E-state index in [1.54, 1.807) is 0 Å². The van der Waals surface area contributed by atoms with Crippen LogP contribution in [0.4, 0.5) is 0 Å². The maximum Gasteiger partial charge on any atom is 0.581 e. The van der Waals surface area contributed by atoms with Crippen LogP contribution in [0.2, 0.25) is 0 Å². The highest BCUT2D eigenvalue weighted by Crippen LogP contribution is 2.38. The fourth-order valence-corrected chi connectivity index (χ4v) is 5.53. The van der Waals surface area contributed by atoms with Crippen molar-refractivity contribution in [2.45, 2.75) is 22.7 Å². The Balaban J connectivity index is 4.17. The molecule has 15 heavy (non-hydrogen) atoms. The molecule has 0 atom stereocenters. The molecule has 0 radical (unpaired) electrons. The predicted octanol–water partition coefficient (Wildman–Crippen LogP) is 3.26. The van der Waals surface area contributed by atoms with Gasteiger partial charge in [0.25, 0.3) is 0 Å². The lowest BCUT2D eigenvalue weighted by atomic mass is 10.3. The van der Waals surface area contributed by atoms with Gasteiger partial charge in [-0.3, -0.25) is 0 Å². The molecule has 88 valence electrons. The maximum absolute atomic E-state index is 8.42. The Morgan fingerprint density at radius 3 is 2.27 bits per heavy atom. The number of hydrogen-bond donors (Lipinski definition) is 0. The Morgan fingerprint density at radius 2 is 1.87 bits per heavy atom. The number of rotatable bonds is 7. The van der Waals surface area contributed by atoms with Crippen LogP contribution in [-0.2, 0) is 13.3 Å². The van der Waals surface area contributed by atoms with E-state index in [-0.39, 0.29) is 0 Å². The molecule has 0 aromatic carbocycles.